The molecule has 108 valence electrons. The van der Waals surface area contributed by atoms with Crippen molar-refractivity contribution in [2.45, 2.75) is 23.4 Å². The van der Waals surface area contributed by atoms with Crippen molar-refractivity contribution in [3.8, 4) is 0 Å². The highest BCUT2D eigenvalue weighted by molar-refractivity contribution is 7.99. The van der Waals surface area contributed by atoms with Crippen LogP contribution < -0.4 is 5.73 Å². The molecule has 0 aliphatic rings. The van der Waals surface area contributed by atoms with Gasteiger partial charge in [-0.25, -0.2) is 4.98 Å². The number of benzene rings is 2. The number of para-hydroxylation sites is 2. The number of halogens is 1. The average molecular weight is 319 g/mol. The smallest absolute Gasteiger partial charge is 0.257 e. The second-order valence-corrected chi connectivity index (χ2v) is 6.37. The number of rotatable bonds is 4. The third-order valence-corrected chi connectivity index (χ3v) is 4.85. The summed E-state index contributed by atoms with van der Waals surface area (Å²) in [7, 11) is 0. The molecule has 0 aliphatic heterocycles. The monoisotopic (exact) mass is 318 g/mol. The lowest BCUT2D eigenvalue weighted by atomic mass is 10.1. The van der Waals surface area contributed by atoms with E-state index in [0.29, 0.717) is 10.2 Å². The molecule has 1 aromatic heterocycles. The molecule has 0 aliphatic carbocycles. The summed E-state index contributed by atoms with van der Waals surface area (Å²) in [6.45, 7) is 1.96. The van der Waals surface area contributed by atoms with E-state index in [1.165, 1.54) is 11.8 Å². The van der Waals surface area contributed by atoms with Crippen LogP contribution in [-0.4, -0.2) is 11.0 Å². The summed E-state index contributed by atoms with van der Waals surface area (Å²) in [4.78, 5) is 4.49. The molecule has 2 N–H and O–H groups in total. The van der Waals surface area contributed by atoms with E-state index in [1.807, 2.05) is 55.5 Å². The van der Waals surface area contributed by atoms with Crippen molar-refractivity contribution in [1.29, 1.82) is 0 Å². The Kier molecular flexibility index (Phi) is 4.19. The normalized spacial score (nSPS) is 14.2. The van der Waals surface area contributed by atoms with Crippen LogP contribution in [0.4, 0.5) is 0 Å². The molecule has 2 atom stereocenters. The number of fused-ring (bicyclic) bond motifs is 1. The fourth-order valence-corrected chi connectivity index (χ4v) is 3.54. The number of nitrogens with zero attached hydrogens (tertiary/aromatic N) is 1. The minimum absolute atomic E-state index is 0.00763. The lowest BCUT2D eigenvalue weighted by Gasteiger charge is -2.20. The Hall–Kier alpha value is -1.49. The first-order chi connectivity index (χ1) is 10.1. The van der Waals surface area contributed by atoms with Gasteiger partial charge in [-0.05, 0) is 30.7 Å². The summed E-state index contributed by atoms with van der Waals surface area (Å²) in [5, 5.41) is 1.31. The molecule has 3 aromatic rings. The molecular weight excluding hydrogens is 304 g/mol. The van der Waals surface area contributed by atoms with Gasteiger partial charge in [0, 0.05) is 11.1 Å². The van der Waals surface area contributed by atoms with Crippen LogP contribution in [0.2, 0.25) is 5.02 Å². The van der Waals surface area contributed by atoms with Gasteiger partial charge < -0.3 is 10.2 Å². The van der Waals surface area contributed by atoms with Crippen LogP contribution in [0, 0.1) is 0 Å². The highest BCUT2D eigenvalue weighted by Gasteiger charge is 2.22. The third-order valence-electron chi connectivity index (χ3n) is 3.19. The van der Waals surface area contributed by atoms with Crippen molar-refractivity contribution >= 4 is 34.5 Å². The number of nitrogens with two attached hydrogens (primary N) is 1. The number of hydrogen-bond acceptors (Lipinski definition) is 4. The van der Waals surface area contributed by atoms with E-state index < -0.39 is 0 Å². The van der Waals surface area contributed by atoms with E-state index in [4.69, 9.17) is 21.8 Å². The zero-order valence-corrected chi connectivity index (χ0v) is 13.1. The number of thioether (sulfide) groups is 1. The molecule has 2 unspecified atom stereocenters. The minimum atomic E-state index is -0.0788. The predicted molar refractivity (Wildman–Crippen MR) is 87.7 cm³/mol. The zero-order chi connectivity index (χ0) is 14.8. The van der Waals surface area contributed by atoms with Gasteiger partial charge in [0.1, 0.15) is 5.52 Å². The first-order valence-corrected chi connectivity index (χ1v) is 7.93. The van der Waals surface area contributed by atoms with Crippen LogP contribution in [0.15, 0.2) is 58.2 Å². The van der Waals surface area contributed by atoms with Gasteiger partial charge in [-0.1, -0.05) is 53.7 Å². The summed E-state index contributed by atoms with van der Waals surface area (Å²) in [6.07, 6.45) is 0. The van der Waals surface area contributed by atoms with Gasteiger partial charge in [-0.3, -0.25) is 0 Å². The Bertz CT molecular complexity index is 724. The van der Waals surface area contributed by atoms with Crippen LogP contribution in [0.3, 0.4) is 0 Å². The maximum Gasteiger partial charge on any atom is 0.257 e. The van der Waals surface area contributed by atoms with Crippen molar-refractivity contribution in [2.75, 3.05) is 0 Å². The first kappa shape index (κ1) is 14.4. The zero-order valence-electron chi connectivity index (χ0n) is 11.5. The largest absolute Gasteiger partial charge is 0.431 e. The Labute approximate surface area is 132 Å². The van der Waals surface area contributed by atoms with Crippen molar-refractivity contribution in [2.24, 2.45) is 5.73 Å². The molecule has 21 heavy (non-hydrogen) atoms. The summed E-state index contributed by atoms with van der Waals surface area (Å²) < 4.78 is 5.76. The maximum absolute atomic E-state index is 6.29. The van der Waals surface area contributed by atoms with E-state index >= 15 is 0 Å². The topological polar surface area (TPSA) is 52.0 Å². The molecule has 0 saturated carbocycles. The standard InChI is InChI=1S/C16H15ClN2OS/c1-10(18)15(11-6-2-3-7-12(11)17)21-16-19-13-8-4-5-9-14(13)20-16/h2-10,15H,18H2,1H3. The fraction of sp³-hybridized carbons (Fsp3) is 0.188. The van der Waals surface area contributed by atoms with E-state index in [9.17, 15) is 0 Å². The highest BCUT2D eigenvalue weighted by atomic mass is 35.5. The van der Waals surface area contributed by atoms with E-state index in [1.54, 1.807) is 0 Å². The number of oxazole rings is 1. The van der Waals surface area contributed by atoms with Gasteiger partial charge >= 0.3 is 0 Å². The van der Waals surface area contributed by atoms with Crippen LogP contribution in [0.25, 0.3) is 11.1 Å². The summed E-state index contributed by atoms with van der Waals surface area (Å²) in [6, 6.07) is 15.4. The molecule has 0 spiro atoms. The second kappa shape index (κ2) is 6.10. The summed E-state index contributed by atoms with van der Waals surface area (Å²) >= 11 is 7.79. The molecular formula is C16H15ClN2OS. The molecule has 0 saturated heterocycles. The molecule has 1 heterocycles. The van der Waals surface area contributed by atoms with Crippen LogP contribution in [0.5, 0.6) is 0 Å². The molecule has 0 amide bonds. The maximum atomic E-state index is 6.29. The van der Waals surface area contributed by atoms with Crippen molar-refractivity contribution in [3.05, 3.63) is 59.1 Å². The predicted octanol–water partition coefficient (Wildman–Crippen LogP) is 4.66. The minimum Gasteiger partial charge on any atom is -0.431 e. The van der Waals surface area contributed by atoms with E-state index in [2.05, 4.69) is 4.98 Å². The molecule has 3 nitrogen and oxygen atoms in total. The Morgan fingerprint density at radius 1 is 1.14 bits per heavy atom. The highest BCUT2D eigenvalue weighted by Crippen LogP contribution is 2.40. The lowest BCUT2D eigenvalue weighted by molar-refractivity contribution is 0.487. The summed E-state index contributed by atoms with van der Waals surface area (Å²) in [5.74, 6) is 0. The van der Waals surface area contributed by atoms with Crippen LogP contribution >= 0.6 is 23.4 Å². The van der Waals surface area contributed by atoms with Gasteiger partial charge in [0.25, 0.3) is 5.22 Å². The van der Waals surface area contributed by atoms with E-state index in [0.717, 1.165) is 16.7 Å². The quantitative estimate of drug-likeness (QED) is 0.711. The van der Waals surface area contributed by atoms with Crippen molar-refractivity contribution in [3.63, 3.8) is 0 Å². The molecule has 5 heteroatoms. The fourth-order valence-electron chi connectivity index (χ4n) is 2.17. The Morgan fingerprint density at radius 3 is 2.57 bits per heavy atom. The van der Waals surface area contributed by atoms with E-state index in [-0.39, 0.29) is 11.3 Å². The van der Waals surface area contributed by atoms with Gasteiger partial charge in [0.2, 0.25) is 0 Å². The number of hydrogen-bond donors (Lipinski definition) is 1. The molecule has 0 fully saturated rings. The van der Waals surface area contributed by atoms with Gasteiger partial charge in [0.05, 0.1) is 5.25 Å². The second-order valence-electron chi connectivity index (χ2n) is 4.87. The number of aromatic nitrogens is 1. The Balaban J connectivity index is 1.94. The molecule has 2 aromatic carbocycles. The van der Waals surface area contributed by atoms with Gasteiger partial charge in [-0.2, -0.15) is 0 Å². The lowest BCUT2D eigenvalue weighted by Crippen LogP contribution is -2.22. The summed E-state index contributed by atoms with van der Waals surface area (Å²) in [5.41, 5.74) is 8.76. The van der Waals surface area contributed by atoms with Crippen molar-refractivity contribution < 1.29 is 4.42 Å². The molecule has 0 radical (unpaired) electrons. The average Bonchev–Trinajstić information content (AvgIpc) is 2.88. The van der Waals surface area contributed by atoms with Crippen molar-refractivity contribution in [1.82, 2.24) is 4.98 Å². The molecule has 3 rings (SSSR count). The molecule has 0 bridgehead atoms. The Morgan fingerprint density at radius 2 is 1.86 bits per heavy atom. The first-order valence-electron chi connectivity index (χ1n) is 6.67. The van der Waals surface area contributed by atoms with Gasteiger partial charge in [-0.15, -0.1) is 0 Å². The SMILES string of the molecule is CC(N)C(Sc1nc2ccccc2o1)c1ccccc1Cl. The van der Waals surface area contributed by atoms with Crippen LogP contribution in [-0.2, 0) is 0 Å². The van der Waals surface area contributed by atoms with Crippen LogP contribution in [0.1, 0.15) is 17.7 Å². The van der Waals surface area contributed by atoms with Gasteiger partial charge in [0.15, 0.2) is 5.58 Å². The third kappa shape index (κ3) is 3.07.